The van der Waals surface area contributed by atoms with Crippen LogP contribution in [0.15, 0.2) is 30.6 Å². The maximum atomic E-state index is 3.55. The van der Waals surface area contributed by atoms with Crippen molar-refractivity contribution >= 4 is 31.9 Å². The van der Waals surface area contributed by atoms with E-state index in [0.717, 1.165) is 11.9 Å². The van der Waals surface area contributed by atoms with Crippen LogP contribution in [0.3, 0.4) is 0 Å². The Hall–Kier alpha value is 0.110. The molecule has 0 saturated heterocycles. The standard InChI is InChI=1S/C8H10Br2N/c9-6-8(10)7-11-4-2-1-3-5-11/h1-5,8H,6-7H2/q+1. The number of nitrogens with zero attached hydrogens (tertiary/aromatic N) is 1. The molecule has 1 unspecified atom stereocenters. The summed E-state index contributed by atoms with van der Waals surface area (Å²) in [5, 5.41) is 0.981. The Kier molecular flexibility index (Phi) is 4.08. The fourth-order valence-corrected chi connectivity index (χ4v) is 1.37. The summed E-state index contributed by atoms with van der Waals surface area (Å²) in [4.78, 5) is 0.509. The van der Waals surface area contributed by atoms with E-state index in [2.05, 4.69) is 48.8 Å². The van der Waals surface area contributed by atoms with Gasteiger partial charge in [0, 0.05) is 17.5 Å². The lowest BCUT2D eigenvalue weighted by Crippen LogP contribution is -2.37. The second kappa shape index (κ2) is 4.88. The maximum absolute atomic E-state index is 3.55. The van der Waals surface area contributed by atoms with Crippen molar-refractivity contribution < 1.29 is 4.57 Å². The van der Waals surface area contributed by atoms with Crippen molar-refractivity contribution in [3.63, 3.8) is 0 Å². The number of alkyl halides is 2. The van der Waals surface area contributed by atoms with Crippen LogP contribution in [0.1, 0.15) is 0 Å². The summed E-state index contributed by atoms with van der Waals surface area (Å²) < 4.78 is 2.15. The summed E-state index contributed by atoms with van der Waals surface area (Å²) in [6.45, 7) is 1.01. The summed E-state index contributed by atoms with van der Waals surface area (Å²) >= 11 is 6.96. The van der Waals surface area contributed by atoms with Crippen molar-refractivity contribution in [2.75, 3.05) is 5.33 Å². The Morgan fingerprint density at radius 3 is 2.36 bits per heavy atom. The van der Waals surface area contributed by atoms with Crippen LogP contribution in [0.4, 0.5) is 0 Å². The molecule has 0 saturated carbocycles. The molecule has 0 aromatic carbocycles. The van der Waals surface area contributed by atoms with Crippen molar-refractivity contribution in [3.8, 4) is 0 Å². The lowest BCUT2D eigenvalue weighted by atomic mass is 10.4. The molecule has 1 aromatic heterocycles. The van der Waals surface area contributed by atoms with Gasteiger partial charge >= 0.3 is 0 Å². The first-order valence-electron chi connectivity index (χ1n) is 3.47. The monoisotopic (exact) mass is 278 g/mol. The molecule has 0 aliphatic carbocycles. The number of halogens is 2. The molecule has 1 rings (SSSR count). The number of hydrogen-bond donors (Lipinski definition) is 0. The van der Waals surface area contributed by atoms with Gasteiger partial charge in [-0.3, -0.25) is 0 Å². The van der Waals surface area contributed by atoms with Crippen molar-refractivity contribution in [1.29, 1.82) is 0 Å². The van der Waals surface area contributed by atoms with E-state index in [4.69, 9.17) is 0 Å². The van der Waals surface area contributed by atoms with E-state index in [1.54, 1.807) is 0 Å². The summed E-state index contributed by atoms with van der Waals surface area (Å²) in [5.74, 6) is 0. The van der Waals surface area contributed by atoms with Gasteiger partial charge in [-0.05, 0) is 0 Å². The van der Waals surface area contributed by atoms with Crippen molar-refractivity contribution in [2.24, 2.45) is 0 Å². The van der Waals surface area contributed by atoms with Crippen LogP contribution in [0, 0.1) is 0 Å². The zero-order chi connectivity index (χ0) is 8.10. The highest BCUT2D eigenvalue weighted by Crippen LogP contribution is 2.02. The molecule has 11 heavy (non-hydrogen) atoms. The molecule has 1 heterocycles. The molecule has 60 valence electrons. The zero-order valence-electron chi connectivity index (χ0n) is 6.08. The van der Waals surface area contributed by atoms with E-state index in [1.807, 2.05) is 18.2 Å². The molecular weight excluding hydrogens is 270 g/mol. The van der Waals surface area contributed by atoms with E-state index in [1.165, 1.54) is 0 Å². The molecule has 0 bridgehead atoms. The van der Waals surface area contributed by atoms with Crippen LogP contribution in [0.5, 0.6) is 0 Å². The van der Waals surface area contributed by atoms with E-state index in [-0.39, 0.29) is 0 Å². The van der Waals surface area contributed by atoms with Crippen LogP contribution in [0.25, 0.3) is 0 Å². The first kappa shape index (κ1) is 9.20. The summed E-state index contributed by atoms with van der Waals surface area (Å²) in [6, 6.07) is 6.09. The van der Waals surface area contributed by atoms with E-state index >= 15 is 0 Å². The maximum Gasteiger partial charge on any atom is 0.168 e. The predicted molar refractivity (Wildman–Crippen MR) is 53.1 cm³/mol. The lowest BCUT2D eigenvalue weighted by molar-refractivity contribution is -0.695. The third-order valence-corrected chi connectivity index (χ3v) is 3.62. The quantitative estimate of drug-likeness (QED) is 0.590. The van der Waals surface area contributed by atoms with Crippen LogP contribution in [-0.2, 0) is 6.54 Å². The highest BCUT2D eigenvalue weighted by molar-refractivity contribution is 9.12. The Bertz CT molecular complexity index is 201. The average Bonchev–Trinajstić information content (AvgIpc) is 2.06. The summed E-state index contributed by atoms with van der Waals surface area (Å²) in [5.41, 5.74) is 0. The largest absolute Gasteiger partial charge is 0.204 e. The molecule has 0 aliphatic rings. The normalized spacial score (nSPS) is 12.9. The van der Waals surface area contributed by atoms with Gasteiger partial charge in [-0.1, -0.05) is 37.9 Å². The van der Waals surface area contributed by atoms with Crippen LogP contribution < -0.4 is 4.57 Å². The smallest absolute Gasteiger partial charge is 0.168 e. The minimum Gasteiger partial charge on any atom is -0.204 e. The van der Waals surface area contributed by atoms with Crippen molar-refractivity contribution in [3.05, 3.63) is 30.6 Å². The minimum absolute atomic E-state index is 0.509. The molecule has 0 radical (unpaired) electrons. The topological polar surface area (TPSA) is 3.88 Å². The zero-order valence-corrected chi connectivity index (χ0v) is 9.25. The minimum atomic E-state index is 0.509. The second-order valence-corrected chi connectivity index (χ2v) is 4.27. The molecular formula is C8H10Br2N+. The lowest BCUT2D eigenvalue weighted by Gasteiger charge is -1.99. The van der Waals surface area contributed by atoms with Gasteiger partial charge in [0.2, 0.25) is 0 Å². The highest BCUT2D eigenvalue weighted by atomic mass is 79.9. The Balaban J connectivity index is 2.51. The predicted octanol–water partition coefficient (Wildman–Crippen LogP) is 2.13. The molecule has 0 N–H and O–H groups in total. The van der Waals surface area contributed by atoms with E-state index in [9.17, 15) is 0 Å². The van der Waals surface area contributed by atoms with Gasteiger partial charge in [-0.15, -0.1) is 0 Å². The van der Waals surface area contributed by atoms with Gasteiger partial charge in [0.15, 0.2) is 18.9 Å². The SMILES string of the molecule is BrCC(Br)C[n+]1ccccc1. The second-order valence-electron chi connectivity index (χ2n) is 2.32. The van der Waals surface area contributed by atoms with E-state index < -0.39 is 0 Å². The molecule has 0 fully saturated rings. The van der Waals surface area contributed by atoms with Gasteiger partial charge in [-0.2, -0.15) is 0 Å². The Morgan fingerprint density at radius 1 is 1.18 bits per heavy atom. The van der Waals surface area contributed by atoms with Gasteiger partial charge in [0.05, 0.1) is 4.83 Å². The van der Waals surface area contributed by atoms with Gasteiger partial charge in [-0.25, -0.2) is 4.57 Å². The van der Waals surface area contributed by atoms with Crippen LogP contribution in [0.2, 0.25) is 0 Å². The van der Waals surface area contributed by atoms with Crippen LogP contribution in [-0.4, -0.2) is 10.2 Å². The molecule has 1 atom stereocenters. The highest BCUT2D eigenvalue weighted by Gasteiger charge is 2.06. The third kappa shape index (κ3) is 3.34. The van der Waals surface area contributed by atoms with Gasteiger partial charge < -0.3 is 0 Å². The van der Waals surface area contributed by atoms with Crippen LogP contribution >= 0.6 is 31.9 Å². The fraction of sp³-hybridized carbons (Fsp3) is 0.375. The number of hydrogen-bond acceptors (Lipinski definition) is 0. The van der Waals surface area contributed by atoms with Crippen molar-refractivity contribution in [2.45, 2.75) is 11.4 Å². The molecule has 0 amide bonds. The number of pyridine rings is 1. The Labute approximate surface area is 83.7 Å². The first-order chi connectivity index (χ1) is 5.33. The molecule has 1 aromatic rings. The Morgan fingerprint density at radius 2 is 1.82 bits per heavy atom. The molecule has 0 aliphatic heterocycles. The van der Waals surface area contributed by atoms with Crippen molar-refractivity contribution in [1.82, 2.24) is 0 Å². The summed E-state index contributed by atoms with van der Waals surface area (Å²) in [6.07, 6.45) is 4.13. The average molecular weight is 280 g/mol. The number of aromatic nitrogens is 1. The molecule has 3 heteroatoms. The number of rotatable bonds is 3. The molecule has 0 spiro atoms. The van der Waals surface area contributed by atoms with Gasteiger partial charge in [0.1, 0.15) is 0 Å². The summed E-state index contributed by atoms with van der Waals surface area (Å²) in [7, 11) is 0. The third-order valence-electron chi connectivity index (χ3n) is 1.35. The molecule has 1 nitrogen and oxygen atoms in total. The van der Waals surface area contributed by atoms with E-state index in [0.29, 0.717) is 4.83 Å². The fourth-order valence-electron chi connectivity index (χ4n) is 0.834. The van der Waals surface area contributed by atoms with Gasteiger partial charge in [0.25, 0.3) is 0 Å². The first-order valence-corrected chi connectivity index (χ1v) is 5.51.